The fourth-order valence-corrected chi connectivity index (χ4v) is 6.55. The number of aryl methyl sites for hydroxylation is 2. The van der Waals surface area contributed by atoms with Crippen molar-refractivity contribution in [1.29, 1.82) is 0 Å². The Hall–Kier alpha value is -3.52. The predicted octanol–water partition coefficient (Wildman–Crippen LogP) is 11.6. The third-order valence-corrected chi connectivity index (χ3v) is 9.32. The van der Waals surface area contributed by atoms with Crippen molar-refractivity contribution in [3.63, 3.8) is 0 Å². The highest BCUT2D eigenvalue weighted by molar-refractivity contribution is 5.44. The third-order valence-electron chi connectivity index (χ3n) is 9.32. The number of benzene rings is 4. The molecule has 0 aliphatic rings. The molecule has 0 heterocycles. The molecule has 4 rings (SSSR count). The van der Waals surface area contributed by atoms with Crippen LogP contribution in [0.15, 0.2) is 97.1 Å². The van der Waals surface area contributed by atoms with Crippen LogP contribution >= 0.6 is 0 Å². The van der Waals surface area contributed by atoms with E-state index < -0.39 is 0 Å². The van der Waals surface area contributed by atoms with Crippen LogP contribution < -0.4 is 11.5 Å². The van der Waals surface area contributed by atoms with Crippen LogP contribution in [0.1, 0.15) is 136 Å². The molecular weight excluding hydrogens is 532 g/mol. The van der Waals surface area contributed by atoms with E-state index in [2.05, 4.69) is 86.6 Å². The number of nitrogens with two attached hydrogens (primary N) is 2. The topological polar surface area (TPSA) is 52.0 Å². The van der Waals surface area contributed by atoms with E-state index in [4.69, 9.17) is 11.5 Å². The number of unbranched alkanes of at least 4 members (excludes halogenated alkanes) is 7. The summed E-state index contributed by atoms with van der Waals surface area (Å²) >= 11 is 0. The summed E-state index contributed by atoms with van der Waals surface area (Å²) in [5.41, 5.74) is 22.2. The summed E-state index contributed by atoms with van der Waals surface area (Å²) in [6.07, 6.45) is 17.5. The van der Waals surface area contributed by atoms with Crippen LogP contribution in [0.4, 0.5) is 11.4 Å². The van der Waals surface area contributed by atoms with E-state index in [-0.39, 0.29) is 0 Å². The highest BCUT2D eigenvalue weighted by atomic mass is 14.5. The third kappa shape index (κ3) is 10.6. The van der Waals surface area contributed by atoms with Crippen molar-refractivity contribution >= 4 is 11.4 Å². The van der Waals surface area contributed by atoms with Gasteiger partial charge < -0.3 is 11.5 Å². The lowest BCUT2D eigenvalue weighted by Crippen LogP contribution is -2.02. The lowest BCUT2D eigenvalue weighted by atomic mass is 9.86. The molecule has 4 aromatic carbocycles. The Morgan fingerprint density at radius 2 is 0.705 bits per heavy atom. The summed E-state index contributed by atoms with van der Waals surface area (Å²) in [7, 11) is 0. The van der Waals surface area contributed by atoms with Gasteiger partial charge >= 0.3 is 0 Å². The smallest absolute Gasteiger partial charge is 0.0314 e. The molecule has 0 aromatic heterocycles. The number of anilines is 2. The molecule has 0 bridgehead atoms. The lowest BCUT2D eigenvalue weighted by Gasteiger charge is -2.19. The average molecular weight is 589 g/mol. The quantitative estimate of drug-likeness (QED) is 0.0845. The second-order valence-corrected chi connectivity index (χ2v) is 12.8. The van der Waals surface area contributed by atoms with Gasteiger partial charge in [0.15, 0.2) is 0 Å². The fraction of sp³-hybridized carbons (Fsp3) is 0.429. The zero-order chi connectivity index (χ0) is 31.0. The average Bonchev–Trinajstić information content (AvgIpc) is 3.05. The van der Waals surface area contributed by atoms with E-state index in [1.165, 1.54) is 123 Å². The molecule has 2 atom stereocenters. The molecule has 0 saturated heterocycles. The standard InChI is InChI=1S/C42H56N2/c1-3-5-9-15-41(37-25-29-39(43)30-26-37)35-21-17-33(18-22-35)13-11-7-8-12-14-34-19-23-36(24-20-34)42(16-10-6-4-2)38-27-31-40(44)32-28-38/h17-32,41-42H,3-16,43-44H2,1-2H3. The normalized spacial score (nSPS) is 12.7. The molecule has 0 amide bonds. The largest absolute Gasteiger partial charge is 0.399 e. The first kappa shape index (κ1) is 33.4. The molecule has 4 aromatic rings. The summed E-state index contributed by atoms with van der Waals surface area (Å²) in [5, 5.41) is 0. The van der Waals surface area contributed by atoms with Crippen molar-refractivity contribution in [2.45, 2.75) is 116 Å². The van der Waals surface area contributed by atoms with E-state index in [9.17, 15) is 0 Å². The van der Waals surface area contributed by atoms with Crippen LogP contribution in [0, 0.1) is 0 Å². The molecule has 0 aliphatic heterocycles. The van der Waals surface area contributed by atoms with Crippen molar-refractivity contribution in [2.75, 3.05) is 11.5 Å². The second-order valence-electron chi connectivity index (χ2n) is 12.8. The molecule has 44 heavy (non-hydrogen) atoms. The predicted molar refractivity (Wildman–Crippen MR) is 192 cm³/mol. The van der Waals surface area contributed by atoms with Crippen molar-refractivity contribution < 1.29 is 0 Å². The molecular formula is C42H56N2. The van der Waals surface area contributed by atoms with E-state index in [0.717, 1.165) is 11.4 Å². The molecule has 0 saturated carbocycles. The summed E-state index contributed by atoms with van der Waals surface area (Å²) < 4.78 is 0. The van der Waals surface area contributed by atoms with Gasteiger partial charge in [-0.15, -0.1) is 0 Å². The SMILES string of the molecule is CCCCCC(c1ccc(N)cc1)c1ccc(CCCCCCc2ccc(C(CCCCC)c3ccc(N)cc3)cc2)cc1. The van der Waals surface area contributed by atoms with Crippen molar-refractivity contribution in [2.24, 2.45) is 0 Å². The molecule has 0 fully saturated rings. The summed E-state index contributed by atoms with van der Waals surface area (Å²) in [5.74, 6) is 0.907. The number of hydrogen-bond acceptors (Lipinski definition) is 2. The van der Waals surface area contributed by atoms with Crippen LogP contribution in [0.2, 0.25) is 0 Å². The van der Waals surface area contributed by atoms with Gasteiger partial charge in [0.25, 0.3) is 0 Å². The number of nitrogen functional groups attached to an aromatic ring is 2. The summed E-state index contributed by atoms with van der Waals surface area (Å²) in [6, 6.07) is 35.9. The second kappa shape index (κ2) is 18.3. The number of rotatable bonds is 19. The molecule has 2 unspecified atom stereocenters. The Balaban J connectivity index is 1.21. The monoisotopic (exact) mass is 588 g/mol. The molecule has 4 N–H and O–H groups in total. The highest BCUT2D eigenvalue weighted by Crippen LogP contribution is 2.32. The van der Waals surface area contributed by atoms with Gasteiger partial charge in [-0.1, -0.05) is 138 Å². The number of hydrogen-bond donors (Lipinski definition) is 2. The highest BCUT2D eigenvalue weighted by Gasteiger charge is 2.15. The van der Waals surface area contributed by atoms with Crippen LogP contribution in [-0.4, -0.2) is 0 Å². The molecule has 2 heteroatoms. The summed E-state index contributed by atoms with van der Waals surface area (Å²) in [6.45, 7) is 4.55. The van der Waals surface area contributed by atoms with Gasteiger partial charge in [-0.3, -0.25) is 0 Å². The summed E-state index contributed by atoms with van der Waals surface area (Å²) in [4.78, 5) is 0. The lowest BCUT2D eigenvalue weighted by molar-refractivity contribution is 0.617. The van der Waals surface area contributed by atoms with E-state index >= 15 is 0 Å². The minimum absolute atomic E-state index is 0.454. The molecule has 0 radical (unpaired) electrons. The maximum absolute atomic E-state index is 5.96. The molecule has 2 nitrogen and oxygen atoms in total. The molecule has 0 spiro atoms. The Bertz CT molecular complexity index is 1210. The van der Waals surface area contributed by atoms with Crippen LogP contribution in [0.3, 0.4) is 0 Å². The van der Waals surface area contributed by atoms with Crippen LogP contribution in [0.25, 0.3) is 0 Å². The first-order valence-corrected chi connectivity index (χ1v) is 17.5. The van der Waals surface area contributed by atoms with Crippen LogP contribution in [0.5, 0.6) is 0 Å². The van der Waals surface area contributed by atoms with E-state index in [1.807, 2.05) is 24.3 Å². The van der Waals surface area contributed by atoms with Crippen molar-refractivity contribution in [3.8, 4) is 0 Å². The fourth-order valence-electron chi connectivity index (χ4n) is 6.55. The Labute approximate surface area is 268 Å². The van der Waals surface area contributed by atoms with Gasteiger partial charge in [0.2, 0.25) is 0 Å². The van der Waals surface area contributed by atoms with Gasteiger partial charge in [-0.05, 0) is 96.2 Å². The van der Waals surface area contributed by atoms with Gasteiger partial charge in [-0.25, -0.2) is 0 Å². The zero-order valence-corrected chi connectivity index (χ0v) is 27.4. The minimum atomic E-state index is 0.454. The van der Waals surface area contributed by atoms with Crippen molar-refractivity contribution in [3.05, 3.63) is 130 Å². The van der Waals surface area contributed by atoms with Gasteiger partial charge in [-0.2, -0.15) is 0 Å². The van der Waals surface area contributed by atoms with E-state index in [1.54, 1.807) is 0 Å². The Morgan fingerprint density at radius 1 is 0.386 bits per heavy atom. The zero-order valence-electron chi connectivity index (χ0n) is 27.4. The van der Waals surface area contributed by atoms with Gasteiger partial charge in [0.1, 0.15) is 0 Å². The Kier molecular flexibility index (Phi) is 13.9. The minimum Gasteiger partial charge on any atom is -0.399 e. The van der Waals surface area contributed by atoms with Gasteiger partial charge in [0, 0.05) is 23.2 Å². The first-order valence-electron chi connectivity index (χ1n) is 17.5. The van der Waals surface area contributed by atoms with E-state index in [0.29, 0.717) is 11.8 Å². The van der Waals surface area contributed by atoms with Gasteiger partial charge in [0.05, 0.1) is 0 Å². The maximum atomic E-state index is 5.96. The van der Waals surface area contributed by atoms with Crippen LogP contribution in [-0.2, 0) is 12.8 Å². The maximum Gasteiger partial charge on any atom is 0.0314 e. The first-order chi connectivity index (χ1) is 21.6. The Morgan fingerprint density at radius 3 is 1.02 bits per heavy atom. The molecule has 0 aliphatic carbocycles. The van der Waals surface area contributed by atoms with Crippen molar-refractivity contribution in [1.82, 2.24) is 0 Å². The molecule has 234 valence electrons.